The van der Waals surface area contributed by atoms with Gasteiger partial charge < -0.3 is 5.73 Å². The van der Waals surface area contributed by atoms with Crippen LogP contribution in [0.15, 0.2) is 6.20 Å². The maximum absolute atomic E-state index is 12.9. The second-order valence-corrected chi connectivity index (χ2v) is 2.51. The summed E-state index contributed by atoms with van der Waals surface area (Å²) in [4.78, 5) is 13.7. The molecular weight excluding hydrogens is 197 g/mol. The van der Waals surface area contributed by atoms with Gasteiger partial charge in [0.2, 0.25) is 0 Å². The molecule has 0 aliphatic rings. The van der Waals surface area contributed by atoms with Crippen LogP contribution >= 0.6 is 0 Å². The van der Waals surface area contributed by atoms with Gasteiger partial charge in [-0.3, -0.25) is 9.78 Å². The number of hydrogen-bond acceptors (Lipinski definition) is 3. The first kappa shape index (κ1) is 10.6. The Bertz CT molecular complexity index is 355. The van der Waals surface area contributed by atoms with Crippen LogP contribution in [0.2, 0.25) is 0 Å². The molecule has 0 aliphatic heterocycles. The first-order valence-corrected chi connectivity index (χ1v) is 3.72. The van der Waals surface area contributed by atoms with Crippen molar-refractivity contribution in [3.05, 3.63) is 28.8 Å². The largest absolute Gasteiger partial charge is 0.326 e. The van der Waals surface area contributed by atoms with Gasteiger partial charge in [-0.25, -0.2) is 13.2 Å². The summed E-state index contributed by atoms with van der Waals surface area (Å²) in [6, 6.07) is 0. The summed E-state index contributed by atoms with van der Waals surface area (Å²) in [7, 11) is 0. The molecule has 76 valence electrons. The molecule has 0 aliphatic carbocycles. The van der Waals surface area contributed by atoms with Crippen LogP contribution in [0.4, 0.5) is 13.2 Å². The van der Waals surface area contributed by atoms with Crippen LogP contribution in [0, 0.1) is 5.82 Å². The number of pyridine rings is 1. The molecule has 0 amide bonds. The average molecular weight is 204 g/mol. The molecule has 0 atom stereocenters. The number of rotatable bonds is 3. The molecule has 0 saturated carbocycles. The third kappa shape index (κ3) is 1.74. The van der Waals surface area contributed by atoms with Crippen molar-refractivity contribution in [1.82, 2.24) is 4.98 Å². The lowest BCUT2D eigenvalue weighted by Crippen LogP contribution is -2.10. The fourth-order valence-electron chi connectivity index (χ4n) is 1.11. The topological polar surface area (TPSA) is 56.0 Å². The van der Waals surface area contributed by atoms with Crippen LogP contribution in [-0.4, -0.2) is 11.3 Å². The Morgan fingerprint density at radius 1 is 1.57 bits per heavy atom. The van der Waals surface area contributed by atoms with E-state index >= 15 is 0 Å². The predicted molar refractivity (Wildman–Crippen MR) is 42.4 cm³/mol. The van der Waals surface area contributed by atoms with Crippen LogP contribution in [0.1, 0.15) is 28.0 Å². The van der Waals surface area contributed by atoms with Gasteiger partial charge in [0.05, 0.1) is 11.8 Å². The van der Waals surface area contributed by atoms with Gasteiger partial charge in [0.25, 0.3) is 6.43 Å². The van der Waals surface area contributed by atoms with Gasteiger partial charge in [0, 0.05) is 12.1 Å². The summed E-state index contributed by atoms with van der Waals surface area (Å²) in [5.74, 6) is -1.15. The van der Waals surface area contributed by atoms with E-state index in [0.29, 0.717) is 6.20 Å². The Morgan fingerprint density at radius 2 is 2.21 bits per heavy atom. The molecule has 0 radical (unpaired) electrons. The molecule has 1 rings (SSSR count). The Labute approximate surface area is 77.7 Å². The van der Waals surface area contributed by atoms with Gasteiger partial charge in [0.15, 0.2) is 12.1 Å². The smallest absolute Gasteiger partial charge is 0.267 e. The predicted octanol–water partition coefficient (Wildman–Crippen LogP) is 1.43. The summed E-state index contributed by atoms with van der Waals surface area (Å²) >= 11 is 0. The highest BCUT2D eigenvalue weighted by molar-refractivity contribution is 5.74. The quantitative estimate of drug-likeness (QED) is 0.757. The first-order valence-electron chi connectivity index (χ1n) is 3.72. The van der Waals surface area contributed by atoms with E-state index in [2.05, 4.69) is 4.98 Å². The molecule has 14 heavy (non-hydrogen) atoms. The van der Waals surface area contributed by atoms with E-state index < -0.39 is 17.8 Å². The van der Waals surface area contributed by atoms with E-state index in [1.165, 1.54) is 0 Å². The molecule has 6 heteroatoms. The second-order valence-electron chi connectivity index (χ2n) is 2.51. The molecule has 1 aromatic heterocycles. The summed E-state index contributed by atoms with van der Waals surface area (Å²) in [5, 5.41) is 0. The number of carbonyl (C=O) groups is 1. The molecule has 1 heterocycles. The van der Waals surface area contributed by atoms with E-state index in [1.807, 2.05) is 0 Å². The van der Waals surface area contributed by atoms with E-state index in [1.54, 1.807) is 0 Å². The Kier molecular flexibility index (Phi) is 3.19. The minimum absolute atomic E-state index is 0.241. The standard InChI is InChI=1S/C8H7F3N2O/c9-5-2-13-6(3-14)4(1-12)7(5)8(10)11/h2-3,8H,1,12H2. The summed E-state index contributed by atoms with van der Waals surface area (Å²) in [6.45, 7) is -0.349. The SMILES string of the molecule is NCc1c(C=O)ncc(F)c1C(F)F. The second kappa shape index (κ2) is 4.19. The van der Waals surface area contributed by atoms with Crippen molar-refractivity contribution in [3.63, 3.8) is 0 Å². The molecular formula is C8H7F3N2O. The zero-order chi connectivity index (χ0) is 10.7. The molecule has 3 nitrogen and oxygen atoms in total. The minimum Gasteiger partial charge on any atom is -0.326 e. The molecule has 0 unspecified atom stereocenters. The zero-order valence-corrected chi connectivity index (χ0v) is 7.01. The maximum Gasteiger partial charge on any atom is 0.267 e. The van der Waals surface area contributed by atoms with Gasteiger partial charge >= 0.3 is 0 Å². The van der Waals surface area contributed by atoms with Crippen molar-refractivity contribution in [2.75, 3.05) is 0 Å². The molecule has 1 aromatic rings. The third-order valence-electron chi connectivity index (χ3n) is 1.74. The van der Waals surface area contributed by atoms with Crippen molar-refractivity contribution < 1.29 is 18.0 Å². The Hall–Kier alpha value is -1.43. The fourth-order valence-corrected chi connectivity index (χ4v) is 1.11. The van der Waals surface area contributed by atoms with E-state index in [0.717, 1.165) is 0 Å². The minimum atomic E-state index is -3.00. The lowest BCUT2D eigenvalue weighted by atomic mass is 10.1. The Morgan fingerprint density at radius 3 is 2.64 bits per heavy atom. The van der Waals surface area contributed by atoms with E-state index in [4.69, 9.17) is 5.73 Å². The van der Waals surface area contributed by atoms with Crippen LogP contribution in [-0.2, 0) is 6.54 Å². The number of alkyl halides is 2. The molecule has 0 spiro atoms. The van der Waals surface area contributed by atoms with Gasteiger partial charge in [-0.2, -0.15) is 0 Å². The summed E-state index contributed by atoms with van der Waals surface area (Å²) in [5.41, 5.74) is 3.81. The van der Waals surface area contributed by atoms with E-state index in [9.17, 15) is 18.0 Å². The number of aldehydes is 1. The highest BCUT2D eigenvalue weighted by atomic mass is 19.3. The number of halogens is 3. The van der Waals surface area contributed by atoms with Crippen LogP contribution in [0.5, 0.6) is 0 Å². The molecule has 0 fully saturated rings. The average Bonchev–Trinajstić information content (AvgIpc) is 2.16. The normalized spacial score (nSPS) is 10.6. The van der Waals surface area contributed by atoms with Gasteiger partial charge in [-0.05, 0) is 0 Å². The zero-order valence-electron chi connectivity index (χ0n) is 7.01. The van der Waals surface area contributed by atoms with Crippen LogP contribution in [0.25, 0.3) is 0 Å². The van der Waals surface area contributed by atoms with Crippen molar-refractivity contribution in [3.8, 4) is 0 Å². The van der Waals surface area contributed by atoms with Crippen molar-refractivity contribution in [2.24, 2.45) is 5.73 Å². The summed E-state index contributed by atoms with van der Waals surface area (Å²) < 4.78 is 37.6. The fraction of sp³-hybridized carbons (Fsp3) is 0.250. The maximum atomic E-state index is 12.9. The van der Waals surface area contributed by atoms with E-state index in [-0.39, 0.29) is 24.1 Å². The monoisotopic (exact) mass is 204 g/mol. The molecule has 2 N–H and O–H groups in total. The molecule has 0 aromatic carbocycles. The van der Waals surface area contributed by atoms with Gasteiger partial charge in [0.1, 0.15) is 5.69 Å². The number of nitrogens with two attached hydrogens (primary N) is 1. The van der Waals surface area contributed by atoms with Gasteiger partial charge in [-0.15, -0.1) is 0 Å². The Balaban J connectivity index is 3.42. The lowest BCUT2D eigenvalue weighted by Gasteiger charge is -2.09. The van der Waals surface area contributed by atoms with Crippen molar-refractivity contribution in [2.45, 2.75) is 13.0 Å². The number of nitrogens with zero attached hydrogens (tertiary/aromatic N) is 1. The highest BCUT2D eigenvalue weighted by Crippen LogP contribution is 2.26. The molecule has 0 saturated heterocycles. The number of aromatic nitrogens is 1. The highest BCUT2D eigenvalue weighted by Gasteiger charge is 2.20. The van der Waals surface area contributed by atoms with Crippen molar-refractivity contribution in [1.29, 1.82) is 0 Å². The summed E-state index contributed by atoms with van der Waals surface area (Å²) in [6.07, 6.45) is -2.15. The molecule has 0 bridgehead atoms. The van der Waals surface area contributed by atoms with Crippen LogP contribution < -0.4 is 5.73 Å². The van der Waals surface area contributed by atoms with Gasteiger partial charge in [-0.1, -0.05) is 0 Å². The number of hydrogen-bond donors (Lipinski definition) is 1. The van der Waals surface area contributed by atoms with Crippen LogP contribution in [0.3, 0.4) is 0 Å². The first-order chi connectivity index (χ1) is 6.61. The third-order valence-corrected chi connectivity index (χ3v) is 1.74. The lowest BCUT2D eigenvalue weighted by molar-refractivity contribution is 0.111. The van der Waals surface area contributed by atoms with Crippen molar-refractivity contribution >= 4 is 6.29 Å². The number of carbonyl (C=O) groups excluding carboxylic acids is 1.